The van der Waals surface area contributed by atoms with Crippen LogP contribution >= 0.6 is 0 Å². The van der Waals surface area contributed by atoms with Crippen molar-refractivity contribution in [3.05, 3.63) is 47.3 Å². The summed E-state index contributed by atoms with van der Waals surface area (Å²) in [5.41, 5.74) is 2.91. The molecule has 24 heavy (non-hydrogen) atoms. The lowest BCUT2D eigenvalue weighted by Gasteiger charge is -2.33. The van der Waals surface area contributed by atoms with Crippen LogP contribution in [-0.2, 0) is 6.54 Å². The fraction of sp³-hybridized carbons (Fsp3) is 0.444. The quantitative estimate of drug-likeness (QED) is 0.878. The van der Waals surface area contributed by atoms with Gasteiger partial charge in [0.1, 0.15) is 0 Å². The van der Waals surface area contributed by atoms with Crippen LogP contribution in [0, 0.1) is 12.8 Å². The second-order valence-electron chi connectivity index (χ2n) is 6.29. The predicted molar refractivity (Wildman–Crippen MR) is 90.9 cm³/mol. The Morgan fingerprint density at radius 2 is 2.04 bits per heavy atom. The molecule has 2 heterocycles. The first-order chi connectivity index (χ1) is 11.7. The highest BCUT2D eigenvalue weighted by Gasteiger charge is 2.18. The minimum Gasteiger partial charge on any atom is -0.396 e. The second-order valence-corrected chi connectivity index (χ2v) is 6.29. The van der Waals surface area contributed by atoms with Gasteiger partial charge >= 0.3 is 0 Å². The molecule has 1 fully saturated rings. The molecular formula is C18H23N3O3. The normalized spacial score (nSPS) is 15.5. The Morgan fingerprint density at radius 1 is 1.33 bits per heavy atom. The number of carbonyl (C=O) groups excluding carboxylic acids is 1. The van der Waals surface area contributed by atoms with Crippen molar-refractivity contribution in [2.75, 3.05) is 24.6 Å². The number of aliphatic hydroxyl groups excluding tert-OH is 1. The maximum Gasteiger partial charge on any atom is 0.290 e. The summed E-state index contributed by atoms with van der Waals surface area (Å²) in [6.07, 6.45) is 2.07. The number of carbonyl (C=O) groups is 1. The van der Waals surface area contributed by atoms with E-state index in [4.69, 9.17) is 4.52 Å². The van der Waals surface area contributed by atoms with Gasteiger partial charge < -0.3 is 19.8 Å². The highest BCUT2D eigenvalue weighted by atomic mass is 16.5. The Labute approximate surface area is 141 Å². The molecule has 0 unspecified atom stereocenters. The van der Waals surface area contributed by atoms with E-state index in [1.165, 1.54) is 5.69 Å². The SMILES string of the molecule is Cc1cc(C(=O)NCc2ccc(N3CCC(CO)CC3)cc2)on1. The number of hydrogen-bond acceptors (Lipinski definition) is 5. The van der Waals surface area contributed by atoms with Crippen molar-refractivity contribution < 1.29 is 14.4 Å². The zero-order chi connectivity index (χ0) is 16.9. The molecule has 128 valence electrons. The lowest BCUT2D eigenvalue weighted by Crippen LogP contribution is -2.34. The Balaban J connectivity index is 1.52. The third-order valence-electron chi connectivity index (χ3n) is 4.48. The molecule has 1 aromatic carbocycles. The van der Waals surface area contributed by atoms with Crippen LogP contribution in [0.15, 0.2) is 34.9 Å². The first-order valence-corrected chi connectivity index (χ1v) is 8.32. The average molecular weight is 329 g/mol. The number of aromatic nitrogens is 1. The van der Waals surface area contributed by atoms with Crippen molar-refractivity contribution in [3.8, 4) is 0 Å². The third kappa shape index (κ3) is 3.94. The minimum absolute atomic E-state index is 0.232. The molecule has 2 N–H and O–H groups in total. The molecule has 6 heteroatoms. The van der Waals surface area contributed by atoms with Gasteiger partial charge in [0, 0.05) is 38.0 Å². The predicted octanol–water partition coefficient (Wildman–Crippen LogP) is 2.12. The van der Waals surface area contributed by atoms with E-state index in [2.05, 4.69) is 27.5 Å². The molecule has 0 atom stereocenters. The van der Waals surface area contributed by atoms with Crippen molar-refractivity contribution >= 4 is 11.6 Å². The molecule has 0 bridgehead atoms. The number of nitrogens with zero attached hydrogens (tertiary/aromatic N) is 2. The summed E-state index contributed by atoms with van der Waals surface area (Å²) in [7, 11) is 0. The topological polar surface area (TPSA) is 78.6 Å². The number of aliphatic hydroxyl groups is 1. The number of aryl methyl sites for hydroxylation is 1. The monoisotopic (exact) mass is 329 g/mol. The number of hydrogen-bond donors (Lipinski definition) is 2. The lowest BCUT2D eigenvalue weighted by atomic mass is 9.97. The van der Waals surface area contributed by atoms with Crippen LogP contribution in [0.2, 0.25) is 0 Å². The first-order valence-electron chi connectivity index (χ1n) is 8.32. The van der Waals surface area contributed by atoms with Gasteiger partial charge in [-0.3, -0.25) is 4.79 Å². The van der Waals surface area contributed by atoms with E-state index in [0.29, 0.717) is 18.2 Å². The highest BCUT2D eigenvalue weighted by Crippen LogP contribution is 2.23. The minimum atomic E-state index is -0.259. The Morgan fingerprint density at radius 3 is 2.62 bits per heavy atom. The van der Waals surface area contributed by atoms with Crippen molar-refractivity contribution in [2.45, 2.75) is 26.3 Å². The molecule has 2 aromatic rings. The molecule has 1 aliphatic rings. The van der Waals surface area contributed by atoms with E-state index in [1.54, 1.807) is 13.0 Å². The van der Waals surface area contributed by atoms with Gasteiger partial charge in [-0.2, -0.15) is 0 Å². The summed E-state index contributed by atoms with van der Waals surface area (Å²) in [5.74, 6) is 0.414. The van der Waals surface area contributed by atoms with Gasteiger partial charge in [-0.25, -0.2) is 0 Å². The van der Waals surface area contributed by atoms with Gasteiger partial charge in [0.15, 0.2) is 0 Å². The van der Waals surface area contributed by atoms with E-state index < -0.39 is 0 Å². The Kier molecular flexibility index (Phi) is 5.15. The maximum absolute atomic E-state index is 11.9. The number of amides is 1. The molecule has 6 nitrogen and oxygen atoms in total. The van der Waals surface area contributed by atoms with Gasteiger partial charge in [0.2, 0.25) is 5.76 Å². The third-order valence-corrected chi connectivity index (χ3v) is 4.48. The van der Waals surface area contributed by atoms with Crippen LogP contribution in [0.5, 0.6) is 0 Å². The molecule has 0 spiro atoms. The van der Waals surface area contributed by atoms with E-state index >= 15 is 0 Å². The van der Waals surface area contributed by atoms with Crippen LogP contribution < -0.4 is 10.2 Å². The largest absolute Gasteiger partial charge is 0.396 e. The first kappa shape index (κ1) is 16.5. The van der Waals surface area contributed by atoms with Crippen molar-refractivity contribution in [1.82, 2.24) is 10.5 Å². The highest BCUT2D eigenvalue weighted by molar-refractivity contribution is 5.91. The lowest BCUT2D eigenvalue weighted by molar-refractivity contribution is 0.0914. The summed E-state index contributed by atoms with van der Waals surface area (Å²) in [6, 6.07) is 9.84. The zero-order valence-electron chi connectivity index (χ0n) is 13.9. The Bertz CT molecular complexity index is 673. The van der Waals surface area contributed by atoms with Crippen LogP contribution in [0.3, 0.4) is 0 Å². The number of benzene rings is 1. The van der Waals surface area contributed by atoms with E-state index in [1.807, 2.05) is 12.1 Å². The van der Waals surface area contributed by atoms with Crippen LogP contribution in [0.1, 0.15) is 34.7 Å². The molecule has 0 saturated carbocycles. The standard InChI is InChI=1S/C18H23N3O3/c1-13-10-17(24-20-13)18(23)19-11-14-2-4-16(5-3-14)21-8-6-15(12-22)7-9-21/h2-5,10,15,22H,6-9,11-12H2,1H3,(H,19,23). The fourth-order valence-electron chi connectivity index (χ4n) is 2.94. The summed E-state index contributed by atoms with van der Waals surface area (Å²) >= 11 is 0. The molecule has 0 aliphatic carbocycles. The van der Waals surface area contributed by atoms with E-state index in [-0.39, 0.29) is 18.3 Å². The second kappa shape index (κ2) is 7.49. The molecular weight excluding hydrogens is 306 g/mol. The van der Waals surface area contributed by atoms with Gasteiger partial charge in [0.25, 0.3) is 5.91 Å². The van der Waals surface area contributed by atoms with Gasteiger partial charge in [-0.1, -0.05) is 17.3 Å². The van der Waals surface area contributed by atoms with Gasteiger partial charge in [0.05, 0.1) is 5.69 Å². The summed E-state index contributed by atoms with van der Waals surface area (Å²) in [6.45, 7) is 4.48. The molecule has 1 saturated heterocycles. The van der Waals surface area contributed by atoms with E-state index in [9.17, 15) is 9.90 Å². The molecule has 1 aliphatic heterocycles. The summed E-state index contributed by atoms with van der Waals surface area (Å²) in [4.78, 5) is 14.3. The maximum atomic E-state index is 11.9. The number of rotatable bonds is 5. The molecule has 1 aromatic heterocycles. The summed E-state index contributed by atoms with van der Waals surface area (Å²) in [5, 5.41) is 15.7. The summed E-state index contributed by atoms with van der Waals surface area (Å²) < 4.78 is 4.94. The zero-order valence-corrected chi connectivity index (χ0v) is 13.9. The molecule has 0 radical (unpaired) electrons. The Hall–Kier alpha value is -2.34. The van der Waals surface area contributed by atoms with Crippen molar-refractivity contribution in [1.29, 1.82) is 0 Å². The molecule has 3 rings (SSSR count). The van der Waals surface area contributed by atoms with Crippen molar-refractivity contribution in [3.63, 3.8) is 0 Å². The van der Waals surface area contributed by atoms with Crippen molar-refractivity contribution in [2.24, 2.45) is 5.92 Å². The molecule has 1 amide bonds. The number of nitrogens with one attached hydrogen (secondary N) is 1. The average Bonchev–Trinajstić information content (AvgIpc) is 3.07. The van der Waals surface area contributed by atoms with E-state index in [0.717, 1.165) is 31.5 Å². The fourth-order valence-corrected chi connectivity index (χ4v) is 2.94. The van der Waals surface area contributed by atoms with Crippen LogP contribution in [0.4, 0.5) is 5.69 Å². The number of piperidine rings is 1. The number of anilines is 1. The smallest absolute Gasteiger partial charge is 0.290 e. The van der Waals surface area contributed by atoms with Gasteiger partial charge in [-0.15, -0.1) is 0 Å². The van der Waals surface area contributed by atoms with Crippen LogP contribution in [-0.4, -0.2) is 35.9 Å². The van der Waals surface area contributed by atoms with Gasteiger partial charge in [-0.05, 0) is 43.4 Å². The van der Waals surface area contributed by atoms with Crippen LogP contribution in [0.25, 0.3) is 0 Å².